The van der Waals surface area contributed by atoms with Gasteiger partial charge in [-0.25, -0.2) is 14.4 Å². The smallest absolute Gasteiger partial charge is 0.255 e. The van der Waals surface area contributed by atoms with Crippen molar-refractivity contribution >= 4 is 33.3 Å². The first-order valence-corrected chi connectivity index (χ1v) is 13.0. The molecule has 1 atom stereocenters. The van der Waals surface area contributed by atoms with Gasteiger partial charge in [-0.3, -0.25) is 14.7 Å². The van der Waals surface area contributed by atoms with Gasteiger partial charge in [0.1, 0.15) is 21.5 Å². The first kappa shape index (κ1) is 23.4. The van der Waals surface area contributed by atoms with Crippen molar-refractivity contribution in [3.05, 3.63) is 96.4 Å². The molecule has 2 aromatic carbocycles. The molecule has 4 heterocycles. The molecular weight excluding hydrogens is 485 g/mol. The number of fused-ring (bicyclic) bond motifs is 1. The lowest BCUT2D eigenvalue weighted by Gasteiger charge is -2.13. The van der Waals surface area contributed by atoms with Crippen LogP contribution in [0, 0.1) is 0 Å². The van der Waals surface area contributed by atoms with E-state index in [4.69, 9.17) is 4.98 Å². The number of aromatic nitrogens is 3. The van der Waals surface area contributed by atoms with E-state index in [1.807, 2.05) is 66.9 Å². The van der Waals surface area contributed by atoms with E-state index in [9.17, 15) is 9.18 Å². The minimum absolute atomic E-state index is 0.198. The molecule has 0 unspecified atom stereocenters. The van der Waals surface area contributed by atoms with Gasteiger partial charge in [-0.05, 0) is 53.9 Å². The number of hydrogen-bond acceptors (Lipinski definition) is 6. The molecule has 8 heteroatoms. The van der Waals surface area contributed by atoms with Crippen molar-refractivity contribution in [2.24, 2.45) is 0 Å². The number of thiazole rings is 1. The molecule has 3 aromatic heterocycles. The lowest BCUT2D eigenvalue weighted by molar-refractivity contribution is 0.102. The van der Waals surface area contributed by atoms with Crippen LogP contribution in [0.15, 0.2) is 85.3 Å². The molecule has 1 aliphatic heterocycles. The number of alkyl halides is 1. The topological polar surface area (TPSA) is 71.0 Å². The van der Waals surface area contributed by atoms with Crippen molar-refractivity contribution in [2.75, 3.05) is 18.4 Å². The van der Waals surface area contributed by atoms with Crippen LogP contribution in [-0.4, -0.2) is 45.0 Å². The fourth-order valence-corrected chi connectivity index (χ4v) is 5.53. The second-order valence-electron chi connectivity index (χ2n) is 9.13. The van der Waals surface area contributed by atoms with Gasteiger partial charge in [0.15, 0.2) is 0 Å². The highest BCUT2D eigenvalue weighted by Crippen LogP contribution is 2.34. The Morgan fingerprint density at radius 2 is 1.95 bits per heavy atom. The molecule has 0 bridgehead atoms. The summed E-state index contributed by atoms with van der Waals surface area (Å²) in [6.07, 6.45) is 5.20. The summed E-state index contributed by atoms with van der Waals surface area (Å²) in [5.74, 6) is -0.198. The lowest BCUT2D eigenvalue weighted by atomic mass is 10.0. The molecule has 0 saturated carbocycles. The normalized spacial score (nSPS) is 15.8. The highest BCUT2D eigenvalue weighted by molar-refractivity contribution is 7.21. The van der Waals surface area contributed by atoms with E-state index < -0.39 is 6.17 Å². The zero-order chi connectivity index (χ0) is 25.2. The molecule has 1 N–H and O–H groups in total. The summed E-state index contributed by atoms with van der Waals surface area (Å²) >= 11 is 1.48. The van der Waals surface area contributed by atoms with Crippen molar-refractivity contribution in [1.82, 2.24) is 19.9 Å². The monoisotopic (exact) mass is 509 g/mol. The van der Waals surface area contributed by atoms with Gasteiger partial charge in [-0.15, -0.1) is 0 Å². The van der Waals surface area contributed by atoms with Gasteiger partial charge in [-0.2, -0.15) is 0 Å². The molecule has 0 aliphatic carbocycles. The van der Waals surface area contributed by atoms with Crippen LogP contribution < -0.4 is 5.32 Å². The Balaban J connectivity index is 1.25. The van der Waals surface area contributed by atoms with Gasteiger partial charge in [0, 0.05) is 54.9 Å². The summed E-state index contributed by atoms with van der Waals surface area (Å²) in [7, 11) is 0. The summed E-state index contributed by atoms with van der Waals surface area (Å²) in [6, 6.07) is 21.0. The molecule has 0 spiro atoms. The van der Waals surface area contributed by atoms with Crippen molar-refractivity contribution in [3.8, 4) is 21.7 Å². The fraction of sp³-hybridized carbons (Fsp3) is 0.172. The third kappa shape index (κ3) is 5.12. The maximum Gasteiger partial charge on any atom is 0.255 e. The Hall–Kier alpha value is -4.01. The summed E-state index contributed by atoms with van der Waals surface area (Å²) < 4.78 is 13.6. The van der Waals surface area contributed by atoms with Crippen LogP contribution >= 0.6 is 11.3 Å². The van der Waals surface area contributed by atoms with Crippen LogP contribution in [0.5, 0.6) is 0 Å². The minimum Gasteiger partial charge on any atom is -0.321 e. The number of carbonyl (C=O) groups excluding carboxylic acids is 1. The number of amides is 1. The van der Waals surface area contributed by atoms with Crippen LogP contribution in [0.2, 0.25) is 0 Å². The SMILES string of the molecule is O=C(Nc1ccccc1-c1nc2cc(CN3CC[C@@H](F)C3)cnc2s1)c1cccc(-c2cccnc2)c1. The van der Waals surface area contributed by atoms with Crippen LogP contribution in [0.3, 0.4) is 0 Å². The van der Waals surface area contributed by atoms with Gasteiger partial charge in [0.05, 0.1) is 5.69 Å². The maximum atomic E-state index is 13.6. The summed E-state index contributed by atoms with van der Waals surface area (Å²) in [4.78, 5) is 29.7. The second kappa shape index (κ2) is 10.2. The van der Waals surface area contributed by atoms with E-state index in [-0.39, 0.29) is 5.91 Å². The van der Waals surface area contributed by atoms with Crippen molar-refractivity contribution in [1.29, 1.82) is 0 Å². The molecule has 6 nitrogen and oxygen atoms in total. The Labute approximate surface area is 217 Å². The molecule has 184 valence electrons. The molecule has 6 rings (SSSR count). The van der Waals surface area contributed by atoms with Crippen molar-refractivity contribution in [2.45, 2.75) is 19.1 Å². The van der Waals surface area contributed by atoms with Gasteiger partial charge < -0.3 is 5.32 Å². The molecule has 0 radical (unpaired) electrons. The zero-order valence-electron chi connectivity index (χ0n) is 20.0. The Morgan fingerprint density at radius 1 is 1.05 bits per heavy atom. The quantitative estimate of drug-likeness (QED) is 0.294. The predicted molar refractivity (Wildman–Crippen MR) is 145 cm³/mol. The van der Waals surface area contributed by atoms with E-state index in [0.29, 0.717) is 30.8 Å². The Bertz CT molecular complexity index is 1570. The van der Waals surface area contributed by atoms with E-state index in [2.05, 4.69) is 20.2 Å². The highest BCUT2D eigenvalue weighted by atomic mass is 32.1. The number of para-hydroxylation sites is 1. The van der Waals surface area contributed by atoms with Crippen LogP contribution in [-0.2, 0) is 6.54 Å². The van der Waals surface area contributed by atoms with Crippen LogP contribution in [0.1, 0.15) is 22.3 Å². The predicted octanol–water partition coefficient (Wildman–Crippen LogP) is 6.22. The summed E-state index contributed by atoms with van der Waals surface area (Å²) in [5.41, 5.74) is 5.79. The van der Waals surface area contributed by atoms with Crippen molar-refractivity contribution < 1.29 is 9.18 Å². The molecular formula is C29H24FN5OS. The molecule has 1 aliphatic rings. The average Bonchev–Trinajstić information content (AvgIpc) is 3.55. The Kier molecular flexibility index (Phi) is 6.42. The zero-order valence-corrected chi connectivity index (χ0v) is 20.8. The number of rotatable bonds is 6. The minimum atomic E-state index is -0.743. The highest BCUT2D eigenvalue weighted by Gasteiger charge is 2.22. The van der Waals surface area contributed by atoms with Crippen LogP contribution in [0.25, 0.3) is 32.0 Å². The van der Waals surface area contributed by atoms with Crippen LogP contribution in [0.4, 0.5) is 10.1 Å². The van der Waals surface area contributed by atoms with Gasteiger partial charge >= 0.3 is 0 Å². The average molecular weight is 510 g/mol. The maximum absolute atomic E-state index is 13.6. The number of hydrogen-bond donors (Lipinski definition) is 1. The largest absolute Gasteiger partial charge is 0.321 e. The molecule has 5 aromatic rings. The number of nitrogens with zero attached hydrogens (tertiary/aromatic N) is 4. The first-order valence-electron chi connectivity index (χ1n) is 12.2. The number of anilines is 1. The molecule has 1 fully saturated rings. The number of pyridine rings is 2. The van der Waals surface area contributed by atoms with Crippen molar-refractivity contribution in [3.63, 3.8) is 0 Å². The summed E-state index contributed by atoms with van der Waals surface area (Å²) in [5, 5.41) is 3.84. The Morgan fingerprint density at radius 3 is 2.78 bits per heavy atom. The van der Waals surface area contributed by atoms with E-state index in [1.165, 1.54) is 11.3 Å². The molecule has 1 saturated heterocycles. The third-order valence-electron chi connectivity index (χ3n) is 6.45. The van der Waals surface area contributed by atoms with E-state index in [1.54, 1.807) is 18.5 Å². The molecule has 1 amide bonds. The number of carbonyl (C=O) groups is 1. The summed E-state index contributed by atoms with van der Waals surface area (Å²) in [6.45, 7) is 1.90. The van der Waals surface area contributed by atoms with E-state index in [0.717, 1.165) is 44.2 Å². The van der Waals surface area contributed by atoms with Gasteiger partial charge in [-0.1, -0.05) is 41.7 Å². The van der Waals surface area contributed by atoms with Gasteiger partial charge in [0.2, 0.25) is 0 Å². The van der Waals surface area contributed by atoms with Gasteiger partial charge in [0.25, 0.3) is 5.91 Å². The fourth-order valence-electron chi connectivity index (χ4n) is 4.60. The third-order valence-corrected chi connectivity index (χ3v) is 7.46. The second-order valence-corrected chi connectivity index (χ2v) is 10.1. The molecule has 37 heavy (non-hydrogen) atoms. The first-order chi connectivity index (χ1) is 18.1. The standard InChI is InChI=1S/C29H24FN5OS/c30-23-10-12-35(18-23)17-19-13-26-29(32-15-19)37-28(34-26)24-8-1-2-9-25(24)33-27(36)21-6-3-5-20(14-21)22-7-4-11-31-16-22/h1-9,11,13-16,23H,10,12,17-18H2,(H,33,36)/t23-/m1/s1. The number of halogens is 1. The number of likely N-dealkylation sites (tertiary alicyclic amines) is 1. The number of nitrogens with one attached hydrogen (secondary N) is 1. The van der Waals surface area contributed by atoms with E-state index >= 15 is 0 Å². The lowest BCUT2D eigenvalue weighted by Crippen LogP contribution is -2.20. The number of benzene rings is 2.